The summed E-state index contributed by atoms with van der Waals surface area (Å²) >= 11 is 11.9. The number of halogens is 2. The summed E-state index contributed by atoms with van der Waals surface area (Å²) in [6.45, 7) is 1.80. The van der Waals surface area contributed by atoms with Gasteiger partial charge in [0.1, 0.15) is 5.38 Å². The number of hydrogen-bond acceptors (Lipinski definition) is 2. The summed E-state index contributed by atoms with van der Waals surface area (Å²) < 4.78 is 0. The zero-order valence-electron chi connectivity index (χ0n) is 8.46. The van der Waals surface area contributed by atoms with E-state index in [1.165, 1.54) is 0 Å². The fourth-order valence-electron chi connectivity index (χ4n) is 1.81. The first kappa shape index (κ1) is 11.4. The average Bonchev–Trinajstić information content (AvgIpc) is 2.47. The van der Waals surface area contributed by atoms with Gasteiger partial charge >= 0.3 is 0 Å². The highest BCUT2D eigenvalue weighted by atomic mass is 35.5. The second kappa shape index (κ2) is 4.07. The van der Waals surface area contributed by atoms with E-state index in [4.69, 9.17) is 23.2 Å². The Labute approximate surface area is 103 Å². The smallest absolute Gasteiger partial charge is 0.245 e. The predicted octanol–water partition coefficient (Wildman–Crippen LogP) is 2.00. The minimum absolute atomic E-state index is 0.365. The number of amides is 2. The third-order valence-corrected chi connectivity index (χ3v) is 3.58. The first-order valence-corrected chi connectivity index (χ1v) is 5.57. The lowest BCUT2D eigenvalue weighted by Gasteiger charge is -2.13. The molecular weight excluding hydrogens is 249 g/mol. The van der Waals surface area contributed by atoms with Gasteiger partial charge in [0.05, 0.1) is 5.92 Å². The molecule has 1 aromatic carbocycles. The molecule has 0 spiro atoms. The lowest BCUT2D eigenvalue weighted by Crippen LogP contribution is -2.22. The Hall–Kier alpha value is -1.06. The number of nitrogens with one attached hydrogen (secondary N) is 1. The standard InChI is InChI=1S/C11H9Cl2NO2/c1-5-6(3-2-4-7(5)12)8-9(13)11(16)14-10(8)15/h2-4,8-9H,1H3,(H,14,15,16). The van der Waals surface area contributed by atoms with Gasteiger partial charge in [-0.25, -0.2) is 0 Å². The normalized spacial score (nSPS) is 24.7. The van der Waals surface area contributed by atoms with Crippen LogP contribution in [0.4, 0.5) is 0 Å². The van der Waals surface area contributed by atoms with Gasteiger partial charge < -0.3 is 0 Å². The maximum atomic E-state index is 11.6. The van der Waals surface area contributed by atoms with E-state index in [1.54, 1.807) is 25.1 Å². The molecular formula is C11H9Cl2NO2. The number of rotatable bonds is 1. The highest BCUT2D eigenvalue weighted by Crippen LogP contribution is 2.33. The summed E-state index contributed by atoms with van der Waals surface area (Å²) in [5, 5.41) is 1.92. The molecule has 5 heteroatoms. The van der Waals surface area contributed by atoms with Crippen LogP contribution in [-0.2, 0) is 9.59 Å². The molecule has 0 bridgehead atoms. The van der Waals surface area contributed by atoms with Crippen LogP contribution in [0.15, 0.2) is 18.2 Å². The maximum Gasteiger partial charge on any atom is 0.245 e. The molecule has 16 heavy (non-hydrogen) atoms. The van der Waals surface area contributed by atoms with Gasteiger partial charge in [-0.1, -0.05) is 23.7 Å². The summed E-state index contributed by atoms with van der Waals surface area (Å²) in [6.07, 6.45) is 0. The molecule has 3 nitrogen and oxygen atoms in total. The van der Waals surface area contributed by atoms with Crippen LogP contribution in [0.5, 0.6) is 0 Å². The number of alkyl halides is 1. The molecule has 1 aromatic rings. The number of imide groups is 1. The summed E-state index contributed by atoms with van der Waals surface area (Å²) in [4.78, 5) is 22.9. The molecule has 0 radical (unpaired) electrons. The van der Waals surface area contributed by atoms with Crippen molar-refractivity contribution in [3.8, 4) is 0 Å². The SMILES string of the molecule is Cc1c(Cl)cccc1C1C(=O)NC(=O)C1Cl. The third-order valence-electron chi connectivity index (χ3n) is 2.72. The van der Waals surface area contributed by atoms with Crippen LogP contribution in [0.1, 0.15) is 17.0 Å². The lowest BCUT2D eigenvalue weighted by molar-refractivity contribution is -0.125. The molecule has 0 saturated carbocycles. The summed E-state index contributed by atoms with van der Waals surface area (Å²) in [7, 11) is 0. The molecule has 1 fully saturated rings. The van der Waals surface area contributed by atoms with Crippen LogP contribution >= 0.6 is 23.2 Å². The Bertz CT molecular complexity index is 473. The number of benzene rings is 1. The van der Waals surface area contributed by atoms with E-state index >= 15 is 0 Å². The molecule has 2 atom stereocenters. The summed E-state index contributed by atoms with van der Waals surface area (Å²) in [6, 6.07) is 5.24. The van der Waals surface area contributed by atoms with Gasteiger partial charge in [0, 0.05) is 5.02 Å². The molecule has 84 valence electrons. The summed E-state index contributed by atoms with van der Waals surface area (Å²) in [5.74, 6) is -1.46. The van der Waals surface area contributed by atoms with Crippen molar-refractivity contribution in [1.82, 2.24) is 5.32 Å². The second-order valence-corrected chi connectivity index (χ2v) is 4.56. The van der Waals surface area contributed by atoms with E-state index in [0.717, 1.165) is 5.56 Å². The van der Waals surface area contributed by atoms with Gasteiger partial charge in [0.15, 0.2) is 0 Å². The maximum absolute atomic E-state index is 11.6. The van der Waals surface area contributed by atoms with Gasteiger partial charge in [-0.3, -0.25) is 14.9 Å². The first-order valence-electron chi connectivity index (χ1n) is 4.76. The predicted molar refractivity (Wildman–Crippen MR) is 61.7 cm³/mol. The van der Waals surface area contributed by atoms with Crippen LogP contribution < -0.4 is 5.32 Å². The molecule has 2 rings (SSSR count). The van der Waals surface area contributed by atoms with Crippen LogP contribution in [0.25, 0.3) is 0 Å². The molecule has 1 aliphatic heterocycles. The highest BCUT2D eigenvalue weighted by molar-refractivity contribution is 6.37. The van der Waals surface area contributed by atoms with E-state index in [0.29, 0.717) is 10.6 Å². The van der Waals surface area contributed by atoms with E-state index in [1.807, 2.05) is 0 Å². The van der Waals surface area contributed by atoms with Crippen molar-refractivity contribution in [2.75, 3.05) is 0 Å². The van der Waals surface area contributed by atoms with Crippen LogP contribution in [-0.4, -0.2) is 17.2 Å². The van der Waals surface area contributed by atoms with Crippen molar-refractivity contribution >= 4 is 35.0 Å². The van der Waals surface area contributed by atoms with Crippen molar-refractivity contribution < 1.29 is 9.59 Å². The number of carbonyl (C=O) groups excluding carboxylic acids is 2. The van der Waals surface area contributed by atoms with Crippen molar-refractivity contribution in [3.05, 3.63) is 34.3 Å². The van der Waals surface area contributed by atoms with Crippen LogP contribution in [0.2, 0.25) is 5.02 Å². The Morgan fingerprint density at radius 2 is 1.94 bits per heavy atom. The minimum atomic E-state index is -0.857. The topological polar surface area (TPSA) is 46.2 Å². The zero-order valence-corrected chi connectivity index (χ0v) is 9.97. The van der Waals surface area contributed by atoms with E-state index in [9.17, 15) is 9.59 Å². The molecule has 1 N–H and O–H groups in total. The van der Waals surface area contributed by atoms with E-state index in [-0.39, 0.29) is 5.91 Å². The molecule has 0 aromatic heterocycles. The first-order chi connectivity index (χ1) is 7.52. The highest BCUT2D eigenvalue weighted by Gasteiger charge is 2.42. The average molecular weight is 258 g/mol. The minimum Gasteiger partial charge on any atom is -0.295 e. The van der Waals surface area contributed by atoms with Gasteiger partial charge in [0.25, 0.3) is 0 Å². The van der Waals surface area contributed by atoms with Gasteiger partial charge in [0.2, 0.25) is 11.8 Å². The van der Waals surface area contributed by atoms with Crippen molar-refractivity contribution in [2.45, 2.75) is 18.2 Å². The van der Waals surface area contributed by atoms with Crippen molar-refractivity contribution in [3.63, 3.8) is 0 Å². The summed E-state index contributed by atoms with van der Waals surface area (Å²) in [5.41, 5.74) is 1.49. The van der Waals surface area contributed by atoms with E-state index < -0.39 is 17.2 Å². The Kier molecular flexibility index (Phi) is 2.91. The molecule has 2 unspecified atom stereocenters. The molecule has 2 amide bonds. The van der Waals surface area contributed by atoms with Crippen LogP contribution in [0.3, 0.4) is 0 Å². The monoisotopic (exact) mass is 257 g/mol. The molecule has 1 aliphatic rings. The lowest BCUT2D eigenvalue weighted by atomic mass is 9.93. The molecule has 0 aliphatic carbocycles. The molecule has 1 saturated heterocycles. The number of hydrogen-bond donors (Lipinski definition) is 1. The third kappa shape index (κ3) is 1.70. The Morgan fingerprint density at radius 1 is 1.25 bits per heavy atom. The van der Waals surface area contributed by atoms with Gasteiger partial charge in [-0.2, -0.15) is 0 Å². The number of carbonyl (C=O) groups is 2. The fraction of sp³-hybridized carbons (Fsp3) is 0.273. The largest absolute Gasteiger partial charge is 0.295 e. The van der Waals surface area contributed by atoms with Gasteiger partial charge in [-0.15, -0.1) is 11.6 Å². The van der Waals surface area contributed by atoms with Crippen molar-refractivity contribution in [2.24, 2.45) is 0 Å². The van der Waals surface area contributed by atoms with Crippen LogP contribution in [0, 0.1) is 6.92 Å². The Morgan fingerprint density at radius 3 is 2.50 bits per heavy atom. The Balaban J connectivity index is 2.48. The zero-order chi connectivity index (χ0) is 11.9. The fourth-order valence-corrected chi connectivity index (χ4v) is 2.30. The van der Waals surface area contributed by atoms with Crippen molar-refractivity contribution in [1.29, 1.82) is 0 Å². The van der Waals surface area contributed by atoms with E-state index in [2.05, 4.69) is 5.32 Å². The quantitative estimate of drug-likeness (QED) is 0.618. The van der Waals surface area contributed by atoms with Gasteiger partial charge in [-0.05, 0) is 24.1 Å². The molecule has 1 heterocycles. The second-order valence-electron chi connectivity index (χ2n) is 3.69.